The predicted molar refractivity (Wildman–Crippen MR) is 96.8 cm³/mol. The summed E-state index contributed by atoms with van der Waals surface area (Å²) in [7, 11) is 0. The highest BCUT2D eigenvalue weighted by Crippen LogP contribution is 2.12. The van der Waals surface area contributed by atoms with Crippen molar-refractivity contribution >= 4 is 6.03 Å². The number of carbonyl (C=O) groups is 1. The minimum absolute atomic E-state index is 0.0179. The van der Waals surface area contributed by atoms with E-state index >= 15 is 0 Å². The average Bonchev–Trinajstić information content (AvgIpc) is 2.60. The highest BCUT2D eigenvalue weighted by Gasteiger charge is 2.23. The van der Waals surface area contributed by atoms with Crippen LogP contribution in [0.25, 0.3) is 0 Å². The Morgan fingerprint density at radius 1 is 1.38 bits per heavy atom. The van der Waals surface area contributed by atoms with Gasteiger partial charge in [-0.1, -0.05) is 37.3 Å². The number of aliphatic hydroxyl groups is 1. The van der Waals surface area contributed by atoms with Gasteiger partial charge in [0.05, 0.1) is 0 Å². The summed E-state index contributed by atoms with van der Waals surface area (Å²) in [6.07, 6.45) is 3.94. The normalized spacial score (nSPS) is 18.3. The second kappa shape index (κ2) is 10.3. The summed E-state index contributed by atoms with van der Waals surface area (Å²) in [5.74, 6) is 0. The van der Waals surface area contributed by atoms with Gasteiger partial charge in [0.15, 0.2) is 0 Å². The number of aliphatic hydroxyl groups excluding tert-OH is 1. The zero-order chi connectivity index (χ0) is 17.2. The average molecular weight is 333 g/mol. The van der Waals surface area contributed by atoms with Crippen molar-refractivity contribution in [1.29, 1.82) is 0 Å². The first-order chi connectivity index (χ1) is 11.7. The van der Waals surface area contributed by atoms with Crippen molar-refractivity contribution in [2.24, 2.45) is 0 Å². The molecule has 0 unspecified atom stereocenters. The molecule has 1 aliphatic heterocycles. The smallest absolute Gasteiger partial charge is 0.317 e. The van der Waals surface area contributed by atoms with Crippen molar-refractivity contribution in [2.75, 3.05) is 32.8 Å². The van der Waals surface area contributed by atoms with Gasteiger partial charge in [0.1, 0.15) is 0 Å². The highest BCUT2D eigenvalue weighted by atomic mass is 16.3. The van der Waals surface area contributed by atoms with Gasteiger partial charge in [-0.2, -0.15) is 0 Å². The second-order valence-corrected chi connectivity index (χ2v) is 6.57. The maximum Gasteiger partial charge on any atom is 0.317 e. The zero-order valence-electron chi connectivity index (χ0n) is 14.8. The Morgan fingerprint density at radius 3 is 2.88 bits per heavy atom. The number of rotatable bonds is 8. The molecule has 5 heteroatoms. The lowest BCUT2D eigenvalue weighted by Crippen LogP contribution is -2.51. The number of urea groups is 1. The summed E-state index contributed by atoms with van der Waals surface area (Å²) < 4.78 is 0. The fraction of sp³-hybridized carbons (Fsp3) is 0.632. The van der Waals surface area contributed by atoms with Crippen LogP contribution >= 0.6 is 0 Å². The lowest BCUT2D eigenvalue weighted by Gasteiger charge is -2.34. The molecule has 0 aliphatic carbocycles. The third kappa shape index (κ3) is 6.13. The van der Waals surface area contributed by atoms with E-state index < -0.39 is 0 Å². The number of hydrogen-bond donors (Lipinski definition) is 2. The van der Waals surface area contributed by atoms with Crippen molar-refractivity contribution < 1.29 is 9.90 Å². The number of hydrogen-bond acceptors (Lipinski definition) is 3. The lowest BCUT2D eigenvalue weighted by atomic mass is 10.1. The van der Waals surface area contributed by atoms with E-state index in [1.54, 1.807) is 0 Å². The molecule has 1 aliphatic rings. The maximum absolute atomic E-state index is 12.7. The number of carbonyl (C=O) groups excluding carboxylic acids is 1. The van der Waals surface area contributed by atoms with Crippen LogP contribution in [0.5, 0.6) is 0 Å². The third-order valence-electron chi connectivity index (χ3n) is 4.46. The van der Waals surface area contributed by atoms with Crippen LogP contribution < -0.4 is 5.32 Å². The van der Waals surface area contributed by atoms with Gasteiger partial charge in [-0.25, -0.2) is 4.79 Å². The van der Waals surface area contributed by atoms with E-state index in [2.05, 4.69) is 17.1 Å². The molecule has 24 heavy (non-hydrogen) atoms. The van der Waals surface area contributed by atoms with Crippen LogP contribution in [-0.4, -0.2) is 59.8 Å². The molecule has 2 amide bonds. The molecule has 1 fully saturated rings. The minimum atomic E-state index is -0.0179. The van der Waals surface area contributed by atoms with Gasteiger partial charge in [0.2, 0.25) is 0 Å². The van der Waals surface area contributed by atoms with Crippen LogP contribution in [0.2, 0.25) is 0 Å². The molecular formula is C19H31N3O2. The van der Waals surface area contributed by atoms with E-state index in [9.17, 15) is 4.79 Å². The SMILES string of the molecule is CCCN1CCC[C@H](NC(=O)N(CCCO)Cc2ccccc2)C1. The van der Waals surface area contributed by atoms with Crippen LogP contribution in [0.15, 0.2) is 30.3 Å². The number of benzene rings is 1. The Bertz CT molecular complexity index is 479. The number of nitrogens with one attached hydrogen (secondary N) is 1. The number of amides is 2. The molecule has 1 saturated heterocycles. The molecule has 0 spiro atoms. The molecule has 0 aromatic heterocycles. The van der Waals surface area contributed by atoms with Crippen molar-refractivity contribution in [3.05, 3.63) is 35.9 Å². The first kappa shape index (κ1) is 18.7. The van der Waals surface area contributed by atoms with Gasteiger partial charge in [-0.15, -0.1) is 0 Å². The van der Waals surface area contributed by atoms with Crippen LogP contribution in [0, 0.1) is 0 Å². The molecule has 1 heterocycles. The maximum atomic E-state index is 12.7. The Labute approximate surface area is 145 Å². The fourth-order valence-corrected chi connectivity index (χ4v) is 3.28. The molecule has 1 aromatic rings. The van der Waals surface area contributed by atoms with E-state index in [4.69, 9.17) is 5.11 Å². The topological polar surface area (TPSA) is 55.8 Å². The first-order valence-corrected chi connectivity index (χ1v) is 9.15. The predicted octanol–water partition coefficient (Wildman–Crippen LogP) is 2.46. The highest BCUT2D eigenvalue weighted by molar-refractivity contribution is 5.74. The summed E-state index contributed by atoms with van der Waals surface area (Å²) in [4.78, 5) is 16.9. The summed E-state index contributed by atoms with van der Waals surface area (Å²) in [6, 6.07) is 10.2. The summed E-state index contributed by atoms with van der Waals surface area (Å²) in [5, 5.41) is 12.3. The lowest BCUT2D eigenvalue weighted by molar-refractivity contribution is 0.161. The Morgan fingerprint density at radius 2 is 2.17 bits per heavy atom. The fourth-order valence-electron chi connectivity index (χ4n) is 3.28. The third-order valence-corrected chi connectivity index (χ3v) is 4.46. The van der Waals surface area contributed by atoms with Crippen LogP contribution in [-0.2, 0) is 6.54 Å². The van der Waals surface area contributed by atoms with Gasteiger partial charge in [0, 0.05) is 32.3 Å². The second-order valence-electron chi connectivity index (χ2n) is 6.57. The molecule has 1 atom stereocenters. The Kier molecular flexibility index (Phi) is 8.05. The number of likely N-dealkylation sites (tertiary alicyclic amines) is 1. The van der Waals surface area contributed by atoms with Gasteiger partial charge in [-0.3, -0.25) is 0 Å². The number of piperidine rings is 1. The van der Waals surface area contributed by atoms with Gasteiger partial charge in [0.25, 0.3) is 0 Å². The van der Waals surface area contributed by atoms with E-state index in [-0.39, 0.29) is 18.7 Å². The van der Waals surface area contributed by atoms with E-state index in [0.29, 0.717) is 19.5 Å². The van der Waals surface area contributed by atoms with Gasteiger partial charge >= 0.3 is 6.03 Å². The van der Waals surface area contributed by atoms with Crippen molar-refractivity contribution in [1.82, 2.24) is 15.1 Å². The molecule has 134 valence electrons. The van der Waals surface area contributed by atoms with Crippen LogP contribution in [0.3, 0.4) is 0 Å². The molecule has 0 saturated carbocycles. The molecule has 0 bridgehead atoms. The van der Waals surface area contributed by atoms with E-state index in [1.165, 1.54) is 0 Å². The molecular weight excluding hydrogens is 302 g/mol. The Hall–Kier alpha value is -1.59. The summed E-state index contributed by atoms with van der Waals surface area (Å²) >= 11 is 0. The van der Waals surface area contributed by atoms with Crippen molar-refractivity contribution in [3.8, 4) is 0 Å². The Balaban J connectivity index is 1.91. The molecule has 1 aromatic carbocycles. The van der Waals surface area contributed by atoms with Gasteiger partial charge in [-0.05, 0) is 44.3 Å². The van der Waals surface area contributed by atoms with Crippen LogP contribution in [0.4, 0.5) is 4.79 Å². The molecule has 0 radical (unpaired) electrons. The standard InChI is InChI=1S/C19H31N3O2/c1-2-11-21-12-6-10-18(16-21)20-19(24)22(13-7-14-23)15-17-8-4-3-5-9-17/h3-5,8-9,18,23H,2,6-7,10-16H2,1H3,(H,20,24)/t18-/m0/s1. The van der Waals surface area contributed by atoms with E-state index in [0.717, 1.165) is 44.5 Å². The zero-order valence-corrected chi connectivity index (χ0v) is 14.8. The minimum Gasteiger partial charge on any atom is -0.396 e. The molecule has 5 nitrogen and oxygen atoms in total. The largest absolute Gasteiger partial charge is 0.396 e. The first-order valence-electron chi connectivity index (χ1n) is 9.15. The quantitative estimate of drug-likeness (QED) is 0.768. The molecule has 2 rings (SSSR count). The summed E-state index contributed by atoms with van der Waals surface area (Å²) in [5.41, 5.74) is 1.11. The molecule has 2 N–H and O–H groups in total. The van der Waals surface area contributed by atoms with Crippen LogP contribution in [0.1, 0.15) is 38.2 Å². The summed E-state index contributed by atoms with van der Waals surface area (Å²) in [6.45, 7) is 6.63. The monoisotopic (exact) mass is 333 g/mol. The number of nitrogens with zero attached hydrogens (tertiary/aromatic N) is 2. The van der Waals surface area contributed by atoms with Gasteiger partial charge < -0.3 is 20.2 Å². The van der Waals surface area contributed by atoms with E-state index in [1.807, 2.05) is 35.2 Å². The van der Waals surface area contributed by atoms with Crippen molar-refractivity contribution in [3.63, 3.8) is 0 Å². The van der Waals surface area contributed by atoms with Crippen molar-refractivity contribution in [2.45, 2.75) is 45.2 Å².